The summed E-state index contributed by atoms with van der Waals surface area (Å²) in [6.45, 7) is 0. The summed E-state index contributed by atoms with van der Waals surface area (Å²) in [4.78, 5) is 31.2. The molecule has 1 aromatic rings. The van der Waals surface area contributed by atoms with Crippen LogP contribution in [0.25, 0.3) is 0 Å². The Kier molecular flexibility index (Phi) is 11.0. The number of benzene rings is 1. The molecule has 0 spiro atoms. The van der Waals surface area contributed by atoms with Gasteiger partial charge in [-0.1, -0.05) is 12.1 Å². The Balaban J connectivity index is 0. The van der Waals surface area contributed by atoms with Crippen molar-refractivity contribution < 1.29 is 96.0 Å². The maximum Gasteiger partial charge on any atom is 1.00 e. The van der Waals surface area contributed by atoms with Crippen molar-refractivity contribution in [2.24, 2.45) is 0 Å². The van der Waals surface area contributed by atoms with Gasteiger partial charge in [0.1, 0.15) is 13.6 Å². The first kappa shape index (κ1) is 23.9. The van der Waals surface area contributed by atoms with Gasteiger partial charge in [0.05, 0.1) is 0 Å². The molecule has 0 unspecified atom stereocenters. The topological polar surface area (TPSA) is 89.5 Å². The molecule has 5 nitrogen and oxygen atoms in total. The van der Waals surface area contributed by atoms with Crippen LogP contribution in [0.4, 0.5) is 13.2 Å². The fourth-order valence-corrected chi connectivity index (χ4v) is 1.63. The zero-order valence-corrected chi connectivity index (χ0v) is 16.2. The van der Waals surface area contributed by atoms with Crippen LogP contribution in [-0.2, 0) is 15.8 Å². The average Bonchev–Trinajstić information content (AvgIpc) is 2.24. The maximum absolute atomic E-state index is 11.9. The Hall–Kier alpha value is 0.630. The van der Waals surface area contributed by atoms with Gasteiger partial charge in [0, 0.05) is 6.42 Å². The number of halogens is 3. The minimum Gasteiger partial charge on any atom is -0.780 e. The molecule has 0 heterocycles. The van der Waals surface area contributed by atoms with Gasteiger partial charge in [0.2, 0.25) is 5.78 Å². The Morgan fingerprint density at radius 2 is 1.62 bits per heavy atom. The second kappa shape index (κ2) is 9.70. The molecule has 0 fully saturated rings. The molecule has 0 radical (unpaired) electrons. The summed E-state index contributed by atoms with van der Waals surface area (Å²) in [5.74, 6) is -2.07. The molecular weight excluding hydrogens is 334 g/mol. The Bertz CT molecular complexity index is 500. The molecule has 1 aromatic carbocycles. The SMILES string of the molecule is O=C(CCc1ccc(OP(=O)([O-])[O-])cc1)C(F)(F)F.[Na+].[Na+]. The molecule has 106 valence electrons. The summed E-state index contributed by atoms with van der Waals surface area (Å²) in [6.07, 6.45) is -5.71. The largest absolute Gasteiger partial charge is 1.00 e. The van der Waals surface area contributed by atoms with Gasteiger partial charge in [0.25, 0.3) is 0 Å². The second-order valence-electron chi connectivity index (χ2n) is 3.60. The normalized spacial score (nSPS) is 11.1. The quantitative estimate of drug-likeness (QED) is 0.395. The van der Waals surface area contributed by atoms with E-state index in [2.05, 4.69) is 4.52 Å². The van der Waals surface area contributed by atoms with E-state index in [9.17, 15) is 32.3 Å². The van der Waals surface area contributed by atoms with Crippen molar-refractivity contribution in [2.75, 3.05) is 0 Å². The number of phosphoric ester groups is 1. The first-order valence-corrected chi connectivity index (χ1v) is 6.44. The van der Waals surface area contributed by atoms with Crippen molar-refractivity contribution in [3.05, 3.63) is 29.8 Å². The van der Waals surface area contributed by atoms with Crippen LogP contribution in [0, 0.1) is 0 Å². The van der Waals surface area contributed by atoms with Crippen LogP contribution in [0.15, 0.2) is 24.3 Å². The summed E-state index contributed by atoms with van der Waals surface area (Å²) in [6, 6.07) is 4.79. The van der Waals surface area contributed by atoms with E-state index >= 15 is 0 Å². The molecule has 0 aromatic heterocycles. The van der Waals surface area contributed by atoms with Gasteiger partial charge >= 0.3 is 65.3 Å². The monoisotopic (exact) mass is 342 g/mol. The van der Waals surface area contributed by atoms with Crippen LogP contribution in [0.3, 0.4) is 0 Å². The fourth-order valence-electron chi connectivity index (χ4n) is 1.25. The summed E-state index contributed by atoms with van der Waals surface area (Å²) in [7, 11) is -5.16. The van der Waals surface area contributed by atoms with E-state index in [0.717, 1.165) is 12.1 Å². The summed E-state index contributed by atoms with van der Waals surface area (Å²) >= 11 is 0. The van der Waals surface area contributed by atoms with Gasteiger partial charge in [0.15, 0.2) is 0 Å². The van der Waals surface area contributed by atoms with E-state index in [1.54, 1.807) is 0 Å². The number of Topliss-reactive ketones (excluding diaryl/α,β-unsaturated/α-hetero) is 1. The van der Waals surface area contributed by atoms with Crippen LogP contribution in [0.5, 0.6) is 5.75 Å². The van der Waals surface area contributed by atoms with Crippen molar-refractivity contribution in [3.63, 3.8) is 0 Å². The molecule has 0 N–H and O–H groups in total. The smallest absolute Gasteiger partial charge is 0.780 e. The third kappa shape index (κ3) is 10.1. The predicted octanol–water partition coefficient (Wildman–Crippen LogP) is -5.03. The number of hydrogen-bond donors (Lipinski definition) is 0. The number of carbonyl (C=O) groups excluding carboxylic acids is 1. The van der Waals surface area contributed by atoms with Crippen LogP contribution in [-0.4, -0.2) is 12.0 Å². The third-order valence-corrected chi connectivity index (χ3v) is 2.53. The van der Waals surface area contributed by atoms with Gasteiger partial charge in [-0.15, -0.1) is 0 Å². The first-order chi connectivity index (χ1) is 8.58. The van der Waals surface area contributed by atoms with Gasteiger partial charge in [-0.05, 0) is 24.1 Å². The number of aryl methyl sites for hydroxylation is 1. The van der Waals surface area contributed by atoms with E-state index < -0.39 is 26.2 Å². The van der Waals surface area contributed by atoms with E-state index in [1.165, 1.54) is 12.1 Å². The zero-order valence-electron chi connectivity index (χ0n) is 11.3. The molecule has 0 bridgehead atoms. The van der Waals surface area contributed by atoms with Gasteiger partial charge < -0.3 is 18.9 Å². The van der Waals surface area contributed by atoms with Crippen molar-refractivity contribution in [1.29, 1.82) is 0 Å². The fraction of sp³-hybridized carbons (Fsp3) is 0.300. The van der Waals surface area contributed by atoms with Crippen molar-refractivity contribution in [2.45, 2.75) is 19.0 Å². The van der Waals surface area contributed by atoms with Crippen LogP contribution < -0.4 is 73.4 Å². The minimum atomic E-state index is -5.16. The summed E-state index contributed by atoms with van der Waals surface area (Å²) < 4.78 is 50.1. The molecule has 0 aliphatic rings. The molecule has 0 atom stereocenters. The van der Waals surface area contributed by atoms with Crippen LogP contribution >= 0.6 is 7.82 Å². The number of carbonyl (C=O) groups is 1. The molecule has 0 aliphatic carbocycles. The summed E-state index contributed by atoms with van der Waals surface area (Å²) in [5, 5.41) is 0. The average molecular weight is 342 g/mol. The molecule has 0 saturated carbocycles. The van der Waals surface area contributed by atoms with E-state index in [1.807, 2.05) is 0 Å². The molecule has 11 heteroatoms. The minimum absolute atomic E-state index is 0. The Morgan fingerprint density at radius 1 is 1.14 bits per heavy atom. The number of phosphoric acid groups is 1. The standard InChI is InChI=1S/C10H10F3O5P.2Na/c11-10(12,13)9(14)6-3-7-1-4-8(5-2-7)18-19(15,16)17;;/h1-2,4-5H,3,6H2,(H2,15,16,17);;/q;2*+1/p-2. The molecule has 21 heavy (non-hydrogen) atoms. The van der Waals surface area contributed by atoms with Crippen LogP contribution in [0.1, 0.15) is 12.0 Å². The molecule has 0 saturated heterocycles. The van der Waals surface area contributed by atoms with Crippen molar-refractivity contribution in [1.82, 2.24) is 0 Å². The second-order valence-corrected chi connectivity index (χ2v) is 4.68. The number of rotatable bonds is 5. The Labute approximate surface area is 163 Å². The number of hydrogen-bond acceptors (Lipinski definition) is 5. The van der Waals surface area contributed by atoms with E-state index in [-0.39, 0.29) is 71.3 Å². The molecule has 0 amide bonds. The molecule has 1 rings (SSSR count). The van der Waals surface area contributed by atoms with E-state index in [4.69, 9.17) is 0 Å². The predicted molar refractivity (Wildman–Crippen MR) is 54.1 cm³/mol. The van der Waals surface area contributed by atoms with Gasteiger partial charge in [-0.3, -0.25) is 4.79 Å². The summed E-state index contributed by atoms with van der Waals surface area (Å²) in [5.41, 5.74) is 0.386. The van der Waals surface area contributed by atoms with Gasteiger partial charge in [-0.2, -0.15) is 13.2 Å². The molecular formula is C10H8F3Na2O5P. The van der Waals surface area contributed by atoms with Crippen molar-refractivity contribution in [3.8, 4) is 5.75 Å². The van der Waals surface area contributed by atoms with Gasteiger partial charge in [-0.25, -0.2) is 0 Å². The third-order valence-electron chi connectivity index (χ3n) is 2.10. The van der Waals surface area contributed by atoms with Crippen molar-refractivity contribution >= 4 is 13.6 Å². The van der Waals surface area contributed by atoms with E-state index in [0.29, 0.717) is 5.56 Å². The number of ketones is 1. The molecule has 0 aliphatic heterocycles. The first-order valence-electron chi connectivity index (χ1n) is 4.98. The van der Waals surface area contributed by atoms with Crippen LogP contribution in [0.2, 0.25) is 0 Å². The zero-order chi connectivity index (χ0) is 14.7. The number of alkyl halides is 3. The maximum atomic E-state index is 11.9. The Morgan fingerprint density at radius 3 is 2.00 bits per heavy atom.